The second-order valence-corrected chi connectivity index (χ2v) is 6.18. The third kappa shape index (κ3) is 2.60. The highest BCUT2D eigenvalue weighted by atomic mass is 14.7. The summed E-state index contributed by atoms with van der Waals surface area (Å²) in [5.74, 6) is 0. The van der Waals surface area contributed by atoms with Gasteiger partial charge in [0, 0.05) is 5.44 Å². The normalized spacial score (nSPS) is 18.1. The molecule has 0 aliphatic heterocycles. The summed E-state index contributed by atoms with van der Waals surface area (Å²) in [6.45, 7) is 17.1. The van der Waals surface area contributed by atoms with Gasteiger partial charge in [-0.1, -0.05) is 53.7 Å². The van der Waals surface area contributed by atoms with Crippen molar-refractivity contribution >= 4 is 7.85 Å². The standard InChI is InChI=1S/C11H24BN/c1-8(9(2,3)4)11(12,13)10(5,6)7/h1,12-13H2,2-7H3. The molecule has 2 N–H and O–H groups in total. The topological polar surface area (TPSA) is 26.0 Å². The van der Waals surface area contributed by atoms with Gasteiger partial charge in [-0.3, -0.25) is 0 Å². The average Bonchev–Trinajstić information content (AvgIpc) is 1.81. The third-order valence-electron chi connectivity index (χ3n) is 3.09. The van der Waals surface area contributed by atoms with Crippen LogP contribution in [-0.2, 0) is 0 Å². The number of rotatable bonds is 1. The molecule has 0 saturated carbocycles. The van der Waals surface area contributed by atoms with Crippen molar-refractivity contribution in [1.29, 1.82) is 0 Å². The van der Waals surface area contributed by atoms with E-state index in [0.29, 0.717) is 0 Å². The van der Waals surface area contributed by atoms with Gasteiger partial charge in [-0.2, -0.15) is 0 Å². The van der Waals surface area contributed by atoms with Crippen molar-refractivity contribution in [2.75, 3.05) is 0 Å². The van der Waals surface area contributed by atoms with Gasteiger partial charge in [-0.05, 0) is 10.8 Å². The summed E-state index contributed by atoms with van der Waals surface area (Å²) < 4.78 is 0. The molecule has 1 atom stereocenters. The fraction of sp³-hybridized carbons (Fsp3) is 0.818. The van der Waals surface area contributed by atoms with E-state index in [9.17, 15) is 0 Å². The van der Waals surface area contributed by atoms with E-state index >= 15 is 0 Å². The molecule has 0 amide bonds. The van der Waals surface area contributed by atoms with Gasteiger partial charge in [-0.25, -0.2) is 0 Å². The Morgan fingerprint density at radius 1 is 1.08 bits per heavy atom. The van der Waals surface area contributed by atoms with Crippen molar-refractivity contribution < 1.29 is 0 Å². The van der Waals surface area contributed by atoms with E-state index < -0.39 is 0 Å². The molecule has 0 aliphatic rings. The second-order valence-electron chi connectivity index (χ2n) is 6.18. The Morgan fingerprint density at radius 2 is 1.38 bits per heavy atom. The summed E-state index contributed by atoms with van der Waals surface area (Å²) in [7, 11) is 2.07. The van der Waals surface area contributed by atoms with Crippen LogP contribution in [0.4, 0.5) is 0 Å². The average molecular weight is 181 g/mol. The molecule has 2 heteroatoms. The number of nitrogens with two attached hydrogens (primary N) is 1. The molecular weight excluding hydrogens is 157 g/mol. The second kappa shape index (κ2) is 3.16. The Morgan fingerprint density at radius 3 is 1.46 bits per heavy atom. The Hall–Kier alpha value is -0.235. The highest BCUT2D eigenvalue weighted by Crippen LogP contribution is 2.39. The quantitative estimate of drug-likeness (QED) is 0.485. The van der Waals surface area contributed by atoms with E-state index in [0.717, 1.165) is 5.57 Å². The molecule has 1 unspecified atom stereocenters. The van der Waals surface area contributed by atoms with Gasteiger partial charge in [0.25, 0.3) is 0 Å². The van der Waals surface area contributed by atoms with E-state index in [4.69, 9.17) is 5.73 Å². The minimum Gasteiger partial charge on any atom is -0.328 e. The molecular formula is C11H24BN. The highest BCUT2D eigenvalue weighted by Gasteiger charge is 2.39. The summed E-state index contributed by atoms with van der Waals surface area (Å²) in [4.78, 5) is 0. The minimum absolute atomic E-state index is 0.0529. The molecule has 0 aromatic rings. The molecule has 0 bridgehead atoms. The summed E-state index contributed by atoms with van der Waals surface area (Å²) in [5.41, 5.74) is 7.26. The van der Waals surface area contributed by atoms with E-state index in [-0.39, 0.29) is 16.3 Å². The van der Waals surface area contributed by atoms with Crippen LogP contribution in [0.3, 0.4) is 0 Å². The van der Waals surface area contributed by atoms with Gasteiger partial charge >= 0.3 is 0 Å². The monoisotopic (exact) mass is 181 g/mol. The SMILES string of the molecule is BC(N)(C(=C)C(C)(C)C)C(C)(C)C. The first-order valence-electron chi connectivity index (χ1n) is 4.89. The zero-order valence-electron chi connectivity index (χ0n) is 10.3. The molecule has 0 aliphatic carbocycles. The van der Waals surface area contributed by atoms with Gasteiger partial charge in [0.05, 0.1) is 0 Å². The van der Waals surface area contributed by atoms with Crippen LogP contribution in [0.5, 0.6) is 0 Å². The fourth-order valence-electron chi connectivity index (χ4n) is 1.23. The van der Waals surface area contributed by atoms with Crippen LogP contribution in [0.2, 0.25) is 0 Å². The number of hydrogen-bond acceptors (Lipinski definition) is 1. The first-order valence-corrected chi connectivity index (χ1v) is 4.89. The van der Waals surface area contributed by atoms with Crippen molar-refractivity contribution in [2.45, 2.75) is 47.0 Å². The van der Waals surface area contributed by atoms with Crippen LogP contribution in [0, 0.1) is 10.8 Å². The van der Waals surface area contributed by atoms with Crippen LogP contribution in [0.1, 0.15) is 41.5 Å². The zero-order chi connectivity index (χ0) is 11.1. The molecule has 0 saturated heterocycles. The maximum Gasteiger partial charge on any atom is 0.133 e. The zero-order valence-corrected chi connectivity index (χ0v) is 10.3. The van der Waals surface area contributed by atoms with E-state index in [1.807, 2.05) is 0 Å². The Bertz CT molecular complexity index is 203. The van der Waals surface area contributed by atoms with Crippen LogP contribution < -0.4 is 5.73 Å². The molecule has 0 aromatic carbocycles. The Balaban J connectivity index is 4.98. The first kappa shape index (κ1) is 12.8. The lowest BCUT2D eigenvalue weighted by Gasteiger charge is -2.45. The molecule has 0 heterocycles. The van der Waals surface area contributed by atoms with Crippen molar-refractivity contribution in [1.82, 2.24) is 0 Å². The molecule has 1 nitrogen and oxygen atoms in total. The van der Waals surface area contributed by atoms with Crippen molar-refractivity contribution in [3.63, 3.8) is 0 Å². The Kier molecular flexibility index (Phi) is 3.10. The maximum atomic E-state index is 6.32. The predicted molar refractivity (Wildman–Crippen MR) is 63.5 cm³/mol. The molecule has 0 fully saturated rings. The summed E-state index contributed by atoms with van der Waals surface area (Å²) in [6, 6.07) is 0. The van der Waals surface area contributed by atoms with Gasteiger partial charge < -0.3 is 5.73 Å². The number of hydrogen-bond donors (Lipinski definition) is 1. The maximum absolute atomic E-state index is 6.32. The van der Waals surface area contributed by atoms with Crippen LogP contribution in [0.25, 0.3) is 0 Å². The lowest BCUT2D eigenvalue weighted by Crippen LogP contribution is -2.55. The van der Waals surface area contributed by atoms with Crippen molar-refractivity contribution in [2.24, 2.45) is 16.6 Å². The molecule has 0 rings (SSSR count). The Labute approximate surface area is 84.2 Å². The summed E-state index contributed by atoms with van der Waals surface area (Å²) in [5, 5.41) is 0. The van der Waals surface area contributed by atoms with Crippen LogP contribution in [0.15, 0.2) is 12.2 Å². The first-order chi connectivity index (χ1) is 5.40. The van der Waals surface area contributed by atoms with Crippen LogP contribution in [-0.4, -0.2) is 13.3 Å². The fourth-order valence-corrected chi connectivity index (χ4v) is 1.23. The van der Waals surface area contributed by atoms with Gasteiger partial charge in [0.2, 0.25) is 0 Å². The third-order valence-corrected chi connectivity index (χ3v) is 3.09. The lowest BCUT2D eigenvalue weighted by atomic mass is 9.54. The summed E-state index contributed by atoms with van der Waals surface area (Å²) in [6.07, 6.45) is 0. The largest absolute Gasteiger partial charge is 0.328 e. The molecule has 76 valence electrons. The predicted octanol–water partition coefficient (Wildman–Crippen LogP) is 1.92. The van der Waals surface area contributed by atoms with Crippen molar-refractivity contribution in [3.05, 3.63) is 12.2 Å². The van der Waals surface area contributed by atoms with Gasteiger partial charge in [0.15, 0.2) is 0 Å². The van der Waals surface area contributed by atoms with E-state index in [2.05, 4.69) is 56.0 Å². The summed E-state index contributed by atoms with van der Waals surface area (Å²) >= 11 is 0. The smallest absolute Gasteiger partial charge is 0.133 e. The minimum atomic E-state index is -0.314. The molecule has 0 radical (unpaired) electrons. The molecule has 0 aromatic heterocycles. The van der Waals surface area contributed by atoms with E-state index in [1.165, 1.54) is 0 Å². The highest BCUT2D eigenvalue weighted by molar-refractivity contribution is 6.18. The van der Waals surface area contributed by atoms with Crippen LogP contribution >= 0.6 is 0 Å². The molecule has 13 heavy (non-hydrogen) atoms. The van der Waals surface area contributed by atoms with Gasteiger partial charge in [-0.15, -0.1) is 0 Å². The van der Waals surface area contributed by atoms with Crippen molar-refractivity contribution in [3.8, 4) is 0 Å². The van der Waals surface area contributed by atoms with E-state index in [1.54, 1.807) is 0 Å². The molecule has 0 spiro atoms. The van der Waals surface area contributed by atoms with Gasteiger partial charge in [0.1, 0.15) is 7.85 Å². The lowest BCUT2D eigenvalue weighted by molar-refractivity contribution is 0.276.